The molecule has 0 saturated heterocycles. The van der Waals surface area contributed by atoms with Crippen molar-refractivity contribution < 1.29 is 18.3 Å². The Morgan fingerprint density at radius 2 is 1.80 bits per heavy atom. The second kappa shape index (κ2) is 5.72. The number of rotatable bonds is 4. The minimum absolute atomic E-state index is 0.170. The second-order valence-corrected chi connectivity index (χ2v) is 6.94. The Morgan fingerprint density at radius 1 is 1.15 bits per heavy atom. The van der Waals surface area contributed by atoms with Crippen LogP contribution in [0.25, 0.3) is 0 Å². The third-order valence-corrected chi connectivity index (χ3v) is 4.73. The van der Waals surface area contributed by atoms with Gasteiger partial charge in [-0.3, -0.25) is 0 Å². The van der Waals surface area contributed by atoms with Crippen molar-refractivity contribution in [2.24, 2.45) is 0 Å². The maximum atomic E-state index is 12.2. The summed E-state index contributed by atoms with van der Waals surface area (Å²) in [5.74, 6) is -1.52. The van der Waals surface area contributed by atoms with Gasteiger partial charge >= 0.3 is 5.97 Å². The molecule has 0 fully saturated rings. The van der Waals surface area contributed by atoms with E-state index in [2.05, 4.69) is 20.9 Å². The number of nitrogens with zero attached hydrogens (tertiary/aromatic N) is 1. The van der Waals surface area contributed by atoms with Gasteiger partial charge in [-0.1, -0.05) is 22.0 Å². The SMILES string of the molecule is O=C(O)c1cccc(CS(=O)(=O)c2ccc(Br)cc2)n1. The highest BCUT2D eigenvalue weighted by molar-refractivity contribution is 9.10. The molecule has 1 heterocycles. The molecule has 1 aromatic carbocycles. The fraction of sp³-hybridized carbons (Fsp3) is 0.0769. The minimum Gasteiger partial charge on any atom is -0.477 e. The van der Waals surface area contributed by atoms with Crippen molar-refractivity contribution in [1.82, 2.24) is 4.98 Å². The van der Waals surface area contributed by atoms with E-state index >= 15 is 0 Å². The number of pyridine rings is 1. The minimum atomic E-state index is -3.55. The molecule has 0 aliphatic heterocycles. The summed E-state index contributed by atoms with van der Waals surface area (Å²) in [6.45, 7) is 0. The van der Waals surface area contributed by atoms with Crippen LogP contribution in [0.3, 0.4) is 0 Å². The zero-order valence-electron chi connectivity index (χ0n) is 10.2. The molecule has 1 aromatic heterocycles. The van der Waals surface area contributed by atoms with Crippen molar-refractivity contribution in [2.45, 2.75) is 10.6 Å². The maximum Gasteiger partial charge on any atom is 0.354 e. The number of hydrogen-bond donors (Lipinski definition) is 1. The lowest BCUT2D eigenvalue weighted by atomic mass is 10.3. The van der Waals surface area contributed by atoms with Crippen molar-refractivity contribution in [2.75, 3.05) is 0 Å². The van der Waals surface area contributed by atoms with Gasteiger partial charge in [0.15, 0.2) is 9.84 Å². The van der Waals surface area contributed by atoms with Gasteiger partial charge in [0.1, 0.15) is 5.69 Å². The maximum absolute atomic E-state index is 12.2. The summed E-state index contributed by atoms with van der Waals surface area (Å²) in [6, 6.07) is 10.5. The highest BCUT2D eigenvalue weighted by Gasteiger charge is 2.17. The first-order valence-corrected chi connectivity index (χ1v) is 8.00. The molecule has 20 heavy (non-hydrogen) atoms. The highest BCUT2D eigenvalue weighted by atomic mass is 79.9. The number of aromatic nitrogens is 1. The highest BCUT2D eigenvalue weighted by Crippen LogP contribution is 2.18. The average molecular weight is 356 g/mol. The van der Waals surface area contributed by atoms with Gasteiger partial charge in [0.2, 0.25) is 0 Å². The van der Waals surface area contributed by atoms with Crippen LogP contribution in [0, 0.1) is 0 Å². The Kier molecular flexibility index (Phi) is 4.20. The third-order valence-electron chi connectivity index (χ3n) is 2.54. The standard InChI is InChI=1S/C13H10BrNO4S/c14-9-4-6-11(7-5-9)20(18,19)8-10-2-1-3-12(15-10)13(16)17/h1-7H,8H2,(H,16,17). The Hall–Kier alpha value is -1.73. The number of carboxylic acids is 1. The molecular formula is C13H10BrNO4S. The smallest absolute Gasteiger partial charge is 0.354 e. The summed E-state index contributed by atoms with van der Waals surface area (Å²) in [6.07, 6.45) is 0. The summed E-state index contributed by atoms with van der Waals surface area (Å²) >= 11 is 3.23. The van der Waals surface area contributed by atoms with Gasteiger partial charge in [-0.15, -0.1) is 0 Å². The fourth-order valence-electron chi connectivity index (χ4n) is 1.60. The number of carboxylic acid groups (broad SMARTS) is 1. The number of sulfone groups is 1. The lowest BCUT2D eigenvalue weighted by molar-refractivity contribution is 0.0690. The second-order valence-electron chi connectivity index (χ2n) is 4.03. The van der Waals surface area contributed by atoms with Gasteiger partial charge in [0.05, 0.1) is 16.3 Å². The molecule has 104 valence electrons. The predicted octanol–water partition coefficient (Wildman–Crippen LogP) is 2.52. The molecule has 0 unspecified atom stereocenters. The number of benzene rings is 1. The molecule has 2 aromatic rings. The van der Waals surface area contributed by atoms with Crippen LogP contribution in [0.2, 0.25) is 0 Å². The topological polar surface area (TPSA) is 84.3 Å². The van der Waals surface area contributed by atoms with Crippen molar-refractivity contribution in [1.29, 1.82) is 0 Å². The van der Waals surface area contributed by atoms with Crippen molar-refractivity contribution >= 4 is 31.7 Å². The van der Waals surface area contributed by atoms with Crippen LogP contribution >= 0.6 is 15.9 Å². The van der Waals surface area contributed by atoms with Crippen LogP contribution < -0.4 is 0 Å². The van der Waals surface area contributed by atoms with E-state index in [4.69, 9.17) is 5.11 Å². The summed E-state index contributed by atoms with van der Waals surface area (Å²) in [5.41, 5.74) is 0.0290. The molecule has 7 heteroatoms. The molecule has 1 N–H and O–H groups in total. The van der Waals surface area contributed by atoms with Crippen molar-refractivity contribution in [3.8, 4) is 0 Å². The van der Waals surface area contributed by atoms with E-state index in [1.807, 2.05) is 0 Å². The Bertz CT molecular complexity index is 741. The first kappa shape index (κ1) is 14.7. The molecule has 0 amide bonds. The third kappa shape index (κ3) is 3.43. The Balaban J connectivity index is 2.31. The van der Waals surface area contributed by atoms with E-state index in [0.29, 0.717) is 0 Å². The monoisotopic (exact) mass is 355 g/mol. The molecule has 5 nitrogen and oxygen atoms in total. The summed E-state index contributed by atoms with van der Waals surface area (Å²) in [5, 5.41) is 8.84. The van der Waals surface area contributed by atoms with Gasteiger partial charge < -0.3 is 5.11 Å². The zero-order valence-corrected chi connectivity index (χ0v) is 12.6. The zero-order chi connectivity index (χ0) is 14.8. The van der Waals surface area contributed by atoms with Crippen molar-refractivity contribution in [3.05, 3.63) is 58.3 Å². The van der Waals surface area contributed by atoms with Gasteiger partial charge in [0, 0.05) is 4.47 Å². The van der Waals surface area contributed by atoms with Gasteiger partial charge in [0.25, 0.3) is 0 Å². The lowest BCUT2D eigenvalue weighted by Crippen LogP contribution is -2.09. The molecule has 0 bridgehead atoms. The first-order valence-electron chi connectivity index (χ1n) is 5.56. The molecular weight excluding hydrogens is 346 g/mol. The largest absolute Gasteiger partial charge is 0.477 e. The first-order chi connectivity index (χ1) is 9.38. The molecule has 0 saturated carbocycles. The Morgan fingerprint density at radius 3 is 2.40 bits per heavy atom. The summed E-state index contributed by atoms with van der Waals surface area (Å²) in [4.78, 5) is 14.8. The van der Waals surface area contributed by atoms with Gasteiger partial charge in [-0.05, 0) is 36.4 Å². The van der Waals surface area contributed by atoms with E-state index in [9.17, 15) is 13.2 Å². The molecule has 0 radical (unpaired) electrons. The molecule has 0 aliphatic carbocycles. The normalized spacial score (nSPS) is 11.2. The van der Waals surface area contributed by atoms with Gasteiger partial charge in [-0.25, -0.2) is 18.2 Å². The van der Waals surface area contributed by atoms with Crippen LogP contribution in [0.5, 0.6) is 0 Å². The van der Waals surface area contributed by atoms with Crippen LogP contribution in [-0.4, -0.2) is 24.5 Å². The predicted molar refractivity (Wildman–Crippen MR) is 76.2 cm³/mol. The number of hydrogen-bond acceptors (Lipinski definition) is 4. The number of aromatic carboxylic acids is 1. The van der Waals surface area contributed by atoms with Crippen LogP contribution in [-0.2, 0) is 15.6 Å². The quantitative estimate of drug-likeness (QED) is 0.910. The van der Waals surface area contributed by atoms with E-state index in [0.717, 1.165) is 4.47 Å². The number of halogens is 1. The van der Waals surface area contributed by atoms with E-state index in [-0.39, 0.29) is 22.0 Å². The number of carbonyl (C=O) groups is 1. The lowest BCUT2D eigenvalue weighted by Gasteiger charge is -2.05. The van der Waals surface area contributed by atoms with Crippen LogP contribution in [0.15, 0.2) is 51.8 Å². The van der Waals surface area contributed by atoms with E-state index < -0.39 is 15.8 Å². The molecule has 0 spiro atoms. The van der Waals surface area contributed by atoms with Crippen LogP contribution in [0.4, 0.5) is 0 Å². The summed E-state index contributed by atoms with van der Waals surface area (Å²) in [7, 11) is -3.55. The molecule has 0 atom stereocenters. The summed E-state index contributed by atoms with van der Waals surface area (Å²) < 4.78 is 25.2. The van der Waals surface area contributed by atoms with Crippen LogP contribution in [0.1, 0.15) is 16.2 Å². The molecule has 2 rings (SSSR count). The Labute approximate surface area is 124 Å². The fourth-order valence-corrected chi connectivity index (χ4v) is 3.13. The van der Waals surface area contributed by atoms with Gasteiger partial charge in [-0.2, -0.15) is 0 Å². The van der Waals surface area contributed by atoms with E-state index in [1.165, 1.54) is 30.3 Å². The average Bonchev–Trinajstić information content (AvgIpc) is 2.39. The molecule has 0 aliphatic rings. The van der Waals surface area contributed by atoms with E-state index in [1.54, 1.807) is 12.1 Å². The van der Waals surface area contributed by atoms with Crippen molar-refractivity contribution in [3.63, 3.8) is 0 Å².